The molecule has 0 aromatic rings. The Morgan fingerprint density at radius 3 is 1.46 bits per heavy atom. The van der Waals surface area contributed by atoms with Crippen molar-refractivity contribution in [2.45, 2.75) is 143 Å². The van der Waals surface area contributed by atoms with Crippen LogP contribution in [-0.4, -0.2) is 48.1 Å². The fraction of sp³-hybridized carbons (Fsp3) is 0.867. The van der Waals surface area contributed by atoms with Crippen molar-refractivity contribution < 1.29 is 14.7 Å². The van der Waals surface area contributed by atoms with Crippen LogP contribution in [0.4, 0.5) is 0 Å². The van der Waals surface area contributed by atoms with E-state index in [1.807, 2.05) is 11.8 Å². The highest BCUT2D eigenvalue weighted by Gasteiger charge is 2.08. The van der Waals surface area contributed by atoms with E-state index in [9.17, 15) is 9.59 Å². The van der Waals surface area contributed by atoms with Crippen molar-refractivity contribution in [1.82, 2.24) is 10.2 Å². The normalized spacial score (nSPS) is 10.9. The number of carboxylic acids is 1. The van der Waals surface area contributed by atoms with Crippen LogP contribution in [-0.2, 0) is 9.59 Å². The summed E-state index contributed by atoms with van der Waals surface area (Å²) < 4.78 is 0. The number of unbranched alkanes of at least 4 members (excludes halogenated alkanes) is 15. The Bertz CT molecular complexity index is 476. The first kappa shape index (κ1) is 35.8. The Labute approximate surface area is 218 Å². The molecule has 0 bridgehead atoms. The first-order valence-electron chi connectivity index (χ1n) is 14.9. The third-order valence-electron chi connectivity index (χ3n) is 6.29. The molecule has 5 nitrogen and oxygen atoms in total. The van der Waals surface area contributed by atoms with Crippen molar-refractivity contribution in [2.75, 3.05) is 26.2 Å². The lowest BCUT2D eigenvalue weighted by Gasteiger charge is -2.18. The van der Waals surface area contributed by atoms with E-state index in [-0.39, 0.29) is 6.54 Å². The van der Waals surface area contributed by atoms with Gasteiger partial charge in [0.15, 0.2) is 0 Å². The van der Waals surface area contributed by atoms with Gasteiger partial charge in [0, 0.05) is 19.5 Å². The summed E-state index contributed by atoms with van der Waals surface area (Å²) in [4.78, 5) is 23.6. The maximum atomic E-state index is 11.9. The van der Waals surface area contributed by atoms with Gasteiger partial charge in [-0.15, -0.1) is 0 Å². The van der Waals surface area contributed by atoms with Gasteiger partial charge in [0.1, 0.15) is 0 Å². The number of hydrogen-bond donors (Lipinski definition) is 2. The highest BCUT2D eigenvalue weighted by Crippen LogP contribution is 2.12. The number of carbonyl (C=O) groups is 2. The van der Waals surface area contributed by atoms with Crippen LogP contribution >= 0.6 is 0 Å². The second-order valence-corrected chi connectivity index (χ2v) is 9.49. The van der Waals surface area contributed by atoms with Crippen LogP contribution in [0.25, 0.3) is 0 Å². The first-order chi connectivity index (χ1) is 17.0. The Balaban J connectivity index is 0. The number of amides is 1. The predicted octanol–water partition coefficient (Wildman–Crippen LogP) is 8.13. The van der Waals surface area contributed by atoms with Gasteiger partial charge >= 0.3 is 5.97 Å². The van der Waals surface area contributed by atoms with E-state index in [1.54, 1.807) is 0 Å². The molecule has 5 heteroatoms. The Kier molecular flexibility index (Phi) is 31.4. The van der Waals surface area contributed by atoms with E-state index in [0.29, 0.717) is 12.5 Å². The molecule has 0 radical (unpaired) electrons. The van der Waals surface area contributed by atoms with E-state index in [4.69, 9.17) is 5.11 Å². The van der Waals surface area contributed by atoms with Crippen molar-refractivity contribution in [3.63, 3.8) is 0 Å². The molecule has 208 valence electrons. The molecule has 0 aromatic heterocycles. The minimum Gasteiger partial charge on any atom is -0.480 e. The molecule has 0 saturated heterocycles. The summed E-state index contributed by atoms with van der Waals surface area (Å²) in [7, 11) is 0. The molecule has 0 rings (SSSR count). The van der Waals surface area contributed by atoms with Crippen molar-refractivity contribution in [2.24, 2.45) is 0 Å². The van der Waals surface area contributed by atoms with Crippen molar-refractivity contribution in [3.05, 3.63) is 12.2 Å². The number of carbonyl (C=O) groups excluding carboxylic acids is 1. The van der Waals surface area contributed by atoms with Crippen molar-refractivity contribution in [1.29, 1.82) is 0 Å². The first-order valence-corrected chi connectivity index (χ1v) is 14.9. The van der Waals surface area contributed by atoms with Crippen LogP contribution in [0.2, 0.25) is 0 Å². The lowest BCUT2D eigenvalue weighted by molar-refractivity contribution is -0.136. The second kappa shape index (κ2) is 30.7. The third-order valence-corrected chi connectivity index (χ3v) is 6.29. The van der Waals surface area contributed by atoms with Crippen LogP contribution in [0.1, 0.15) is 143 Å². The summed E-state index contributed by atoms with van der Waals surface area (Å²) in [6, 6.07) is 0. The predicted molar refractivity (Wildman–Crippen MR) is 152 cm³/mol. The maximum Gasteiger partial charge on any atom is 0.317 e. The van der Waals surface area contributed by atoms with Gasteiger partial charge in [-0.05, 0) is 52.5 Å². The Morgan fingerprint density at radius 2 is 1.09 bits per heavy atom. The minimum absolute atomic E-state index is 0.0660. The monoisotopic (exact) mass is 496 g/mol. The zero-order valence-corrected chi connectivity index (χ0v) is 23.9. The SMILES string of the molecule is CCCCCCCC/C=C\CCCCCCCCCCCC(=O)N(CC)CC.CCNCC(=O)O. The second-order valence-electron chi connectivity index (χ2n) is 9.49. The van der Waals surface area contributed by atoms with Crippen molar-refractivity contribution in [3.8, 4) is 0 Å². The fourth-order valence-electron chi connectivity index (χ4n) is 4.02. The molecule has 0 unspecified atom stereocenters. The van der Waals surface area contributed by atoms with Crippen LogP contribution in [0.15, 0.2) is 12.2 Å². The van der Waals surface area contributed by atoms with E-state index >= 15 is 0 Å². The smallest absolute Gasteiger partial charge is 0.317 e. The average Bonchev–Trinajstić information content (AvgIpc) is 2.85. The van der Waals surface area contributed by atoms with Gasteiger partial charge in [-0.25, -0.2) is 0 Å². The molecule has 1 amide bonds. The lowest BCUT2D eigenvalue weighted by Crippen LogP contribution is -2.30. The molecule has 0 saturated carbocycles. The third kappa shape index (κ3) is 30.6. The molecule has 0 fully saturated rings. The van der Waals surface area contributed by atoms with E-state index in [0.717, 1.165) is 25.9 Å². The maximum absolute atomic E-state index is 11.9. The molecule has 0 aliphatic rings. The number of likely N-dealkylation sites (N-methyl/N-ethyl adjacent to an activating group) is 1. The number of carboxylic acid groups (broad SMARTS) is 1. The van der Waals surface area contributed by atoms with Gasteiger partial charge in [0.05, 0.1) is 6.54 Å². The molecular formula is C30H60N2O3. The van der Waals surface area contributed by atoms with E-state index < -0.39 is 5.97 Å². The van der Waals surface area contributed by atoms with E-state index in [2.05, 4.69) is 38.2 Å². The molecule has 2 N–H and O–H groups in total. The molecule has 0 aliphatic carbocycles. The van der Waals surface area contributed by atoms with Crippen LogP contribution < -0.4 is 5.32 Å². The zero-order valence-electron chi connectivity index (χ0n) is 23.9. The summed E-state index contributed by atoms with van der Waals surface area (Å²) >= 11 is 0. The number of hydrogen-bond acceptors (Lipinski definition) is 3. The number of rotatable bonds is 24. The van der Waals surface area contributed by atoms with E-state index in [1.165, 1.54) is 103 Å². The molecule has 0 aromatic carbocycles. The quantitative estimate of drug-likeness (QED) is 0.104. The summed E-state index contributed by atoms with van der Waals surface area (Å²) in [5.74, 6) is -0.465. The topological polar surface area (TPSA) is 69.6 Å². The van der Waals surface area contributed by atoms with Crippen LogP contribution in [0, 0.1) is 0 Å². The molecule has 0 atom stereocenters. The minimum atomic E-state index is -0.804. The highest BCUT2D eigenvalue weighted by molar-refractivity contribution is 5.76. The number of aliphatic carboxylic acids is 1. The van der Waals surface area contributed by atoms with Gasteiger partial charge < -0.3 is 15.3 Å². The number of allylic oxidation sites excluding steroid dienone is 2. The molecule has 0 spiro atoms. The van der Waals surface area contributed by atoms with Crippen LogP contribution in [0.5, 0.6) is 0 Å². The van der Waals surface area contributed by atoms with Gasteiger partial charge in [0.25, 0.3) is 0 Å². The van der Waals surface area contributed by atoms with Crippen LogP contribution in [0.3, 0.4) is 0 Å². The lowest BCUT2D eigenvalue weighted by atomic mass is 10.1. The number of nitrogens with one attached hydrogen (secondary N) is 1. The van der Waals surface area contributed by atoms with Gasteiger partial charge in [-0.1, -0.05) is 103 Å². The molecule has 0 aliphatic heterocycles. The van der Waals surface area contributed by atoms with Gasteiger partial charge in [-0.2, -0.15) is 0 Å². The molecule has 35 heavy (non-hydrogen) atoms. The summed E-state index contributed by atoms with van der Waals surface area (Å²) in [6.07, 6.45) is 28.4. The molecular weight excluding hydrogens is 436 g/mol. The van der Waals surface area contributed by atoms with Crippen molar-refractivity contribution >= 4 is 11.9 Å². The molecule has 0 heterocycles. The fourth-order valence-corrected chi connectivity index (χ4v) is 4.02. The zero-order chi connectivity index (χ0) is 26.4. The largest absolute Gasteiger partial charge is 0.480 e. The average molecular weight is 497 g/mol. The van der Waals surface area contributed by atoms with Gasteiger partial charge in [0.2, 0.25) is 5.91 Å². The summed E-state index contributed by atoms with van der Waals surface area (Å²) in [6.45, 7) is 10.8. The number of nitrogens with zero attached hydrogens (tertiary/aromatic N) is 1. The standard InChI is InChI=1S/C26H51NO.C4H9NO2/c1-4-7-8-9-10-11-12-13-14-15-16-17-18-19-20-21-22-23-24-25-26(28)27(5-2)6-3;1-2-5-3-4(6)7/h13-14H,4-12,15-25H2,1-3H3;5H,2-3H2,1H3,(H,6,7)/b14-13-;. The Morgan fingerprint density at radius 1 is 0.657 bits per heavy atom. The Hall–Kier alpha value is -1.36. The van der Waals surface area contributed by atoms with Gasteiger partial charge in [-0.3, -0.25) is 9.59 Å². The highest BCUT2D eigenvalue weighted by atomic mass is 16.4. The summed E-state index contributed by atoms with van der Waals surface area (Å²) in [5, 5.41) is 10.6. The summed E-state index contributed by atoms with van der Waals surface area (Å²) in [5.41, 5.74) is 0.